The Bertz CT molecular complexity index is 1150. The largest absolute Gasteiger partial charge is 0.484 e. The van der Waals surface area contributed by atoms with Gasteiger partial charge >= 0.3 is 5.63 Å². The van der Waals surface area contributed by atoms with Crippen LogP contribution in [-0.4, -0.2) is 6.10 Å². The van der Waals surface area contributed by atoms with Crippen molar-refractivity contribution in [3.05, 3.63) is 106 Å². The summed E-state index contributed by atoms with van der Waals surface area (Å²) in [6.45, 7) is 0. The Labute approximate surface area is 156 Å². The Hall–Kier alpha value is -3.33. The minimum absolute atomic E-state index is 0.0425. The van der Waals surface area contributed by atoms with Gasteiger partial charge in [0.15, 0.2) is 0 Å². The third-order valence-corrected chi connectivity index (χ3v) is 5.21. The van der Waals surface area contributed by atoms with Gasteiger partial charge in [0.25, 0.3) is 0 Å². The van der Waals surface area contributed by atoms with Gasteiger partial charge in [-0.15, -0.1) is 0 Å². The molecule has 3 nitrogen and oxygen atoms in total. The van der Waals surface area contributed by atoms with Crippen molar-refractivity contribution in [3.63, 3.8) is 0 Å². The molecule has 1 aliphatic carbocycles. The first-order valence-corrected chi connectivity index (χ1v) is 9.12. The molecule has 27 heavy (non-hydrogen) atoms. The first-order valence-electron chi connectivity index (χ1n) is 9.12. The van der Waals surface area contributed by atoms with Crippen molar-refractivity contribution in [2.75, 3.05) is 0 Å². The molecule has 0 unspecified atom stereocenters. The van der Waals surface area contributed by atoms with Gasteiger partial charge in [-0.2, -0.15) is 0 Å². The summed E-state index contributed by atoms with van der Waals surface area (Å²) in [6.07, 6.45) is 11.0. The highest BCUT2D eigenvalue weighted by Gasteiger charge is 2.36. The van der Waals surface area contributed by atoms with Crippen LogP contribution in [0.2, 0.25) is 0 Å². The number of para-hydroxylation sites is 1. The topological polar surface area (TPSA) is 39.4 Å². The zero-order valence-electron chi connectivity index (χ0n) is 14.7. The van der Waals surface area contributed by atoms with Gasteiger partial charge in [0.05, 0.1) is 10.9 Å². The van der Waals surface area contributed by atoms with Crippen molar-refractivity contribution in [2.45, 2.75) is 12.5 Å². The quantitative estimate of drug-likeness (QED) is 0.613. The van der Waals surface area contributed by atoms with Gasteiger partial charge < -0.3 is 9.15 Å². The summed E-state index contributed by atoms with van der Waals surface area (Å²) >= 11 is 0. The van der Waals surface area contributed by atoms with E-state index in [-0.39, 0.29) is 17.6 Å². The molecule has 2 atom stereocenters. The summed E-state index contributed by atoms with van der Waals surface area (Å²) in [4.78, 5) is 12.5. The molecule has 0 saturated heterocycles. The van der Waals surface area contributed by atoms with Crippen LogP contribution in [0.15, 0.2) is 93.7 Å². The van der Waals surface area contributed by atoms with Crippen LogP contribution in [0, 0.1) is 5.92 Å². The Balaban J connectivity index is 1.48. The zero-order chi connectivity index (χ0) is 18.2. The van der Waals surface area contributed by atoms with Crippen molar-refractivity contribution in [2.24, 2.45) is 5.92 Å². The standard InChI is InChI=1S/C24H18O3/c25-24-20-15-19-17(10-6-9-16-7-2-1-3-8-16)13-14-22(19)26-23(20)18-11-4-5-12-21(18)27-24/h1-14,19,22H,15H2/b9-6+,17-10-/t19-,22+/m1/s1. The van der Waals surface area contributed by atoms with Crippen molar-refractivity contribution in [1.82, 2.24) is 0 Å². The number of hydrogen-bond acceptors (Lipinski definition) is 3. The first-order chi connectivity index (χ1) is 13.3. The highest BCUT2D eigenvalue weighted by Crippen LogP contribution is 2.40. The monoisotopic (exact) mass is 354 g/mol. The molecule has 0 amide bonds. The Morgan fingerprint density at radius 2 is 1.81 bits per heavy atom. The third-order valence-electron chi connectivity index (χ3n) is 5.21. The van der Waals surface area contributed by atoms with Crippen LogP contribution in [-0.2, 0) is 6.42 Å². The molecule has 0 N–H and O–H groups in total. The Morgan fingerprint density at radius 1 is 1.00 bits per heavy atom. The van der Waals surface area contributed by atoms with E-state index in [1.165, 1.54) is 5.57 Å². The summed E-state index contributed by atoms with van der Waals surface area (Å²) in [5.74, 6) is 0.816. The lowest BCUT2D eigenvalue weighted by molar-refractivity contribution is 0.183. The Morgan fingerprint density at radius 3 is 2.70 bits per heavy atom. The number of fused-ring (bicyclic) bond motifs is 4. The number of rotatable bonds is 2. The first kappa shape index (κ1) is 15.9. The number of hydrogen-bond donors (Lipinski definition) is 0. The third kappa shape index (κ3) is 2.81. The summed E-state index contributed by atoms with van der Waals surface area (Å²) in [5, 5.41) is 0.861. The van der Waals surface area contributed by atoms with E-state index in [4.69, 9.17) is 9.15 Å². The molecule has 2 aliphatic rings. The van der Waals surface area contributed by atoms with Gasteiger partial charge in [-0.25, -0.2) is 4.79 Å². The molecule has 132 valence electrons. The molecular formula is C24H18O3. The smallest absolute Gasteiger partial charge is 0.343 e. The highest BCUT2D eigenvalue weighted by molar-refractivity contribution is 5.84. The van der Waals surface area contributed by atoms with Gasteiger partial charge in [0.2, 0.25) is 0 Å². The van der Waals surface area contributed by atoms with Gasteiger partial charge in [0.1, 0.15) is 17.4 Å². The van der Waals surface area contributed by atoms with E-state index >= 15 is 0 Å². The van der Waals surface area contributed by atoms with Crippen LogP contribution >= 0.6 is 0 Å². The van der Waals surface area contributed by atoms with Gasteiger partial charge in [-0.05, 0) is 35.8 Å². The van der Waals surface area contributed by atoms with E-state index in [2.05, 4.69) is 42.5 Å². The van der Waals surface area contributed by atoms with Crippen molar-refractivity contribution in [1.29, 1.82) is 0 Å². The van der Waals surface area contributed by atoms with Crippen LogP contribution < -0.4 is 10.4 Å². The lowest BCUT2D eigenvalue weighted by Gasteiger charge is -2.29. The minimum Gasteiger partial charge on any atom is -0.484 e. The average molecular weight is 354 g/mol. The van der Waals surface area contributed by atoms with Crippen molar-refractivity contribution >= 4 is 17.0 Å². The van der Waals surface area contributed by atoms with Crippen LogP contribution in [0.1, 0.15) is 11.1 Å². The number of benzene rings is 2. The van der Waals surface area contributed by atoms with E-state index in [1.807, 2.05) is 36.4 Å². The van der Waals surface area contributed by atoms with E-state index in [9.17, 15) is 4.79 Å². The molecular weight excluding hydrogens is 336 g/mol. The average Bonchev–Trinajstić information content (AvgIpc) is 3.10. The van der Waals surface area contributed by atoms with E-state index < -0.39 is 0 Å². The lowest BCUT2D eigenvalue weighted by atomic mass is 9.89. The Kier molecular flexibility index (Phi) is 3.79. The van der Waals surface area contributed by atoms with E-state index in [0.717, 1.165) is 10.9 Å². The van der Waals surface area contributed by atoms with Gasteiger partial charge in [0, 0.05) is 5.92 Å². The maximum absolute atomic E-state index is 12.5. The fourth-order valence-electron chi connectivity index (χ4n) is 3.85. The molecule has 2 heterocycles. The number of allylic oxidation sites excluding steroid dienone is 3. The van der Waals surface area contributed by atoms with Crippen molar-refractivity contribution in [3.8, 4) is 5.75 Å². The molecule has 2 aromatic carbocycles. The molecule has 1 aliphatic heterocycles. The summed E-state index contributed by atoms with van der Waals surface area (Å²) in [5.41, 5.74) is 3.24. The SMILES string of the molecule is O=c1oc2ccccc2c2c1C[C@@H]1/C(=C\C=C\c3ccccc3)C=C[C@@H]1O2. The van der Waals surface area contributed by atoms with Crippen LogP contribution in [0.3, 0.4) is 0 Å². The minimum atomic E-state index is -0.298. The predicted molar refractivity (Wildman–Crippen MR) is 107 cm³/mol. The van der Waals surface area contributed by atoms with E-state index in [0.29, 0.717) is 23.3 Å². The fraction of sp³-hybridized carbons (Fsp3) is 0.125. The molecule has 0 saturated carbocycles. The highest BCUT2D eigenvalue weighted by atomic mass is 16.5. The molecule has 5 rings (SSSR count). The molecule has 0 bridgehead atoms. The van der Waals surface area contributed by atoms with Crippen LogP contribution in [0.25, 0.3) is 17.0 Å². The van der Waals surface area contributed by atoms with Crippen LogP contribution in [0.5, 0.6) is 5.75 Å². The predicted octanol–water partition coefficient (Wildman–Crippen LogP) is 4.92. The van der Waals surface area contributed by atoms with Crippen molar-refractivity contribution < 1.29 is 9.15 Å². The normalized spacial score (nSPS) is 22.1. The molecule has 0 fully saturated rings. The van der Waals surface area contributed by atoms with E-state index in [1.54, 1.807) is 6.07 Å². The summed E-state index contributed by atoms with van der Waals surface area (Å²) in [7, 11) is 0. The maximum Gasteiger partial charge on any atom is 0.343 e. The lowest BCUT2D eigenvalue weighted by Crippen LogP contribution is -2.32. The number of ether oxygens (including phenoxy) is 1. The summed E-state index contributed by atoms with van der Waals surface area (Å²) in [6, 6.07) is 17.7. The second kappa shape index (κ2) is 6.44. The second-order valence-electron chi connectivity index (χ2n) is 6.88. The van der Waals surface area contributed by atoms with Crippen LogP contribution in [0.4, 0.5) is 0 Å². The molecule has 3 aromatic rings. The summed E-state index contributed by atoms with van der Waals surface area (Å²) < 4.78 is 11.7. The second-order valence-corrected chi connectivity index (χ2v) is 6.88. The molecule has 0 radical (unpaired) electrons. The molecule has 3 heteroatoms. The fourth-order valence-corrected chi connectivity index (χ4v) is 3.85. The molecule has 0 spiro atoms. The molecule has 1 aromatic heterocycles. The zero-order valence-corrected chi connectivity index (χ0v) is 14.7. The van der Waals surface area contributed by atoms with Gasteiger partial charge in [-0.3, -0.25) is 0 Å². The van der Waals surface area contributed by atoms with Gasteiger partial charge in [-0.1, -0.05) is 66.8 Å². The maximum atomic E-state index is 12.5.